The zero-order valence-corrected chi connectivity index (χ0v) is 18.4. The lowest BCUT2D eigenvalue weighted by Gasteiger charge is -2.33. The molecule has 0 unspecified atom stereocenters. The zero-order chi connectivity index (χ0) is 22.4. The van der Waals surface area contributed by atoms with Gasteiger partial charge in [0.15, 0.2) is 11.5 Å². The fourth-order valence-electron chi connectivity index (χ4n) is 3.63. The summed E-state index contributed by atoms with van der Waals surface area (Å²) in [5.74, 6) is 2.14. The molecule has 0 spiro atoms. The van der Waals surface area contributed by atoms with Crippen molar-refractivity contribution in [3.63, 3.8) is 0 Å². The van der Waals surface area contributed by atoms with Crippen LogP contribution in [0.3, 0.4) is 0 Å². The number of hydrogen-bond acceptors (Lipinski definition) is 10. The van der Waals surface area contributed by atoms with E-state index in [1.165, 1.54) is 0 Å². The van der Waals surface area contributed by atoms with Gasteiger partial charge in [0.2, 0.25) is 0 Å². The average Bonchev–Trinajstić information content (AvgIpc) is 2.75. The predicted octanol–water partition coefficient (Wildman–Crippen LogP) is 0.845. The molecule has 0 radical (unpaired) electrons. The van der Waals surface area contributed by atoms with Crippen LogP contribution in [-0.2, 0) is 14.5 Å². The summed E-state index contributed by atoms with van der Waals surface area (Å²) in [6.45, 7) is 1.47. The lowest BCUT2D eigenvalue weighted by atomic mass is 9.94. The molecule has 2 aromatic rings. The number of hydrogen-bond donors (Lipinski definition) is 2. The van der Waals surface area contributed by atoms with E-state index in [2.05, 4.69) is 19.1 Å². The van der Waals surface area contributed by atoms with E-state index in [1.54, 1.807) is 20.3 Å². The Balaban J connectivity index is 1.83. The standard InChI is InChI=1S/C19H28N4O7S/c1-27-16-11-14-15(12-17(16)28-2)21-19(29-10-8-24)22-18(14)23-6-3-13(4-7-23)5-9-30-31(20,25)26/h11-13,24H,3-10H2,1-2H3,(H2,20,25,26). The van der Waals surface area contributed by atoms with Crippen molar-refractivity contribution in [2.45, 2.75) is 19.3 Å². The number of aromatic nitrogens is 2. The minimum absolute atomic E-state index is 0.0794. The molecule has 1 aromatic heterocycles. The summed E-state index contributed by atoms with van der Waals surface area (Å²) in [5.41, 5.74) is 0.638. The van der Waals surface area contributed by atoms with Crippen LogP contribution >= 0.6 is 0 Å². The first-order valence-electron chi connectivity index (χ1n) is 9.94. The lowest BCUT2D eigenvalue weighted by molar-refractivity contribution is 0.192. The molecule has 0 saturated carbocycles. The summed E-state index contributed by atoms with van der Waals surface area (Å²) >= 11 is 0. The fraction of sp³-hybridized carbons (Fsp3) is 0.579. The van der Waals surface area contributed by atoms with Crippen LogP contribution < -0.4 is 24.2 Å². The molecule has 3 rings (SSSR count). The second-order valence-electron chi connectivity index (χ2n) is 7.16. The highest BCUT2D eigenvalue weighted by Gasteiger charge is 2.24. The maximum atomic E-state index is 10.9. The Kier molecular flexibility index (Phi) is 7.70. The monoisotopic (exact) mass is 456 g/mol. The van der Waals surface area contributed by atoms with Crippen molar-refractivity contribution in [1.82, 2.24) is 9.97 Å². The summed E-state index contributed by atoms with van der Waals surface area (Å²) in [6, 6.07) is 3.78. The predicted molar refractivity (Wildman–Crippen MR) is 114 cm³/mol. The number of piperidine rings is 1. The van der Waals surface area contributed by atoms with Gasteiger partial charge in [-0.2, -0.15) is 18.4 Å². The van der Waals surface area contributed by atoms with Crippen LogP contribution in [0.5, 0.6) is 17.5 Å². The van der Waals surface area contributed by atoms with E-state index in [0.717, 1.165) is 31.3 Å². The van der Waals surface area contributed by atoms with Crippen molar-refractivity contribution in [2.24, 2.45) is 11.1 Å². The van der Waals surface area contributed by atoms with Gasteiger partial charge in [-0.05, 0) is 31.2 Å². The third-order valence-corrected chi connectivity index (χ3v) is 5.67. The highest BCUT2D eigenvalue weighted by atomic mass is 32.2. The molecular formula is C19H28N4O7S. The molecule has 172 valence electrons. The normalized spacial score (nSPS) is 15.3. The van der Waals surface area contributed by atoms with Crippen molar-refractivity contribution >= 4 is 27.0 Å². The number of fused-ring (bicyclic) bond motifs is 1. The van der Waals surface area contributed by atoms with Crippen LogP contribution in [0.15, 0.2) is 12.1 Å². The summed E-state index contributed by atoms with van der Waals surface area (Å²) in [7, 11) is -0.787. The summed E-state index contributed by atoms with van der Waals surface area (Å²) in [5, 5.41) is 14.7. The van der Waals surface area contributed by atoms with Gasteiger partial charge in [0.25, 0.3) is 0 Å². The Morgan fingerprint density at radius 1 is 1.13 bits per heavy atom. The van der Waals surface area contributed by atoms with Gasteiger partial charge in [-0.15, -0.1) is 0 Å². The second kappa shape index (κ2) is 10.3. The first kappa shape index (κ1) is 23.3. The van der Waals surface area contributed by atoms with E-state index < -0.39 is 10.3 Å². The number of nitrogens with two attached hydrogens (primary N) is 1. The van der Waals surface area contributed by atoms with E-state index in [1.807, 2.05) is 6.07 Å². The molecule has 1 aromatic carbocycles. The van der Waals surface area contributed by atoms with E-state index >= 15 is 0 Å². The van der Waals surface area contributed by atoms with Crippen molar-refractivity contribution in [2.75, 3.05) is 52.0 Å². The van der Waals surface area contributed by atoms with Gasteiger partial charge >= 0.3 is 16.3 Å². The Hall–Kier alpha value is -2.41. The van der Waals surface area contributed by atoms with Crippen molar-refractivity contribution in [3.8, 4) is 17.5 Å². The van der Waals surface area contributed by atoms with Crippen LogP contribution in [-0.4, -0.2) is 70.6 Å². The number of ether oxygens (including phenoxy) is 3. The lowest BCUT2D eigenvalue weighted by Crippen LogP contribution is -2.35. The molecule has 31 heavy (non-hydrogen) atoms. The summed E-state index contributed by atoms with van der Waals surface area (Å²) in [4.78, 5) is 11.2. The zero-order valence-electron chi connectivity index (χ0n) is 17.6. The highest BCUT2D eigenvalue weighted by molar-refractivity contribution is 7.84. The summed E-state index contributed by atoms with van der Waals surface area (Å²) < 4.78 is 42.8. The number of aliphatic hydroxyl groups excluding tert-OH is 1. The molecule has 12 heteroatoms. The molecule has 0 aliphatic carbocycles. The van der Waals surface area contributed by atoms with Gasteiger partial charge in [-0.25, -0.2) is 5.14 Å². The Morgan fingerprint density at radius 2 is 1.81 bits per heavy atom. The van der Waals surface area contributed by atoms with Crippen molar-refractivity contribution < 1.29 is 31.9 Å². The SMILES string of the molecule is COc1cc2nc(OCCO)nc(N3CCC(CCOS(N)(=O)=O)CC3)c2cc1OC. The Bertz CT molecular complexity index is 994. The quantitative estimate of drug-likeness (QED) is 0.527. The minimum Gasteiger partial charge on any atom is -0.493 e. The number of rotatable bonds is 10. The maximum absolute atomic E-state index is 10.9. The number of nitrogens with zero attached hydrogens (tertiary/aromatic N) is 3. The Labute approximate surface area is 181 Å². The Morgan fingerprint density at radius 3 is 2.42 bits per heavy atom. The molecule has 0 bridgehead atoms. The number of anilines is 1. The van der Waals surface area contributed by atoms with E-state index in [9.17, 15) is 8.42 Å². The molecule has 1 aliphatic heterocycles. The molecule has 2 heterocycles. The third-order valence-electron chi connectivity index (χ3n) is 5.17. The smallest absolute Gasteiger partial charge is 0.333 e. The maximum Gasteiger partial charge on any atom is 0.333 e. The molecule has 1 aliphatic rings. The van der Waals surface area contributed by atoms with Gasteiger partial charge in [0.05, 0.1) is 33.0 Å². The van der Waals surface area contributed by atoms with Crippen LogP contribution in [0.25, 0.3) is 10.9 Å². The first-order valence-corrected chi connectivity index (χ1v) is 11.4. The molecule has 0 atom stereocenters. The molecule has 11 nitrogen and oxygen atoms in total. The number of methoxy groups -OCH3 is 2. The van der Waals surface area contributed by atoms with Crippen molar-refractivity contribution in [3.05, 3.63) is 12.1 Å². The largest absolute Gasteiger partial charge is 0.493 e. The average molecular weight is 457 g/mol. The topological polar surface area (TPSA) is 146 Å². The molecule has 1 fully saturated rings. The fourth-order valence-corrected chi connectivity index (χ4v) is 3.95. The molecule has 0 amide bonds. The van der Waals surface area contributed by atoms with Crippen LogP contribution in [0.1, 0.15) is 19.3 Å². The minimum atomic E-state index is -3.91. The van der Waals surface area contributed by atoms with Gasteiger partial charge in [0, 0.05) is 24.5 Å². The van der Waals surface area contributed by atoms with Gasteiger partial charge in [-0.3, -0.25) is 4.18 Å². The number of aliphatic hydroxyl groups is 1. The molecular weight excluding hydrogens is 428 g/mol. The number of benzene rings is 1. The van der Waals surface area contributed by atoms with Gasteiger partial charge in [0.1, 0.15) is 12.4 Å². The van der Waals surface area contributed by atoms with Gasteiger partial charge in [-0.1, -0.05) is 0 Å². The van der Waals surface area contributed by atoms with Crippen LogP contribution in [0.2, 0.25) is 0 Å². The van der Waals surface area contributed by atoms with Crippen LogP contribution in [0.4, 0.5) is 5.82 Å². The van der Waals surface area contributed by atoms with Gasteiger partial charge < -0.3 is 24.2 Å². The third kappa shape index (κ3) is 6.06. The summed E-state index contributed by atoms with van der Waals surface area (Å²) in [6.07, 6.45) is 2.31. The van der Waals surface area contributed by atoms with E-state index in [-0.39, 0.29) is 25.8 Å². The molecule has 1 saturated heterocycles. The highest BCUT2D eigenvalue weighted by Crippen LogP contribution is 2.37. The second-order valence-corrected chi connectivity index (χ2v) is 8.38. The van der Waals surface area contributed by atoms with Crippen LogP contribution in [0, 0.1) is 5.92 Å². The first-order chi connectivity index (χ1) is 14.8. The van der Waals surface area contributed by atoms with E-state index in [0.29, 0.717) is 35.2 Å². The van der Waals surface area contributed by atoms with E-state index in [4.69, 9.17) is 24.5 Å². The molecule has 3 N–H and O–H groups in total. The van der Waals surface area contributed by atoms with Crippen molar-refractivity contribution in [1.29, 1.82) is 0 Å².